The Morgan fingerprint density at radius 2 is 2.22 bits per heavy atom. The van der Waals surface area contributed by atoms with Crippen molar-refractivity contribution in [2.45, 2.75) is 26.7 Å². The highest BCUT2D eigenvalue weighted by molar-refractivity contribution is 5.74. The fourth-order valence-corrected chi connectivity index (χ4v) is 1.36. The molecule has 1 amide bonds. The quantitative estimate of drug-likeness (QED) is 0.701. The lowest BCUT2D eigenvalue weighted by Crippen LogP contribution is -2.20. The maximum atomic E-state index is 10.5. The van der Waals surface area contributed by atoms with Gasteiger partial charge in [-0.25, -0.2) is 9.97 Å². The van der Waals surface area contributed by atoms with Crippen LogP contribution in [-0.4, -0.2) is 35.6 Å². The summed E-state index contributed by atoms with van der Waals surface area (Å²) >= 11 is 0. The van der Waals surface area contributed by atoms with Crippen molar-refractivity contribution >= 4 is 11.7 Å². The summed E-state index contributed by atoms with van der Waals surface area (Å²) in [6.45, 7) is 6.96. The van der Waals surface area contributed by atoms with Crippen molar-refractivity contribution in [1.82, 2.24) is 9.97 Å². The van der Waals surface area contributed by atoms with Gasteiger partial charge in [0.2, 0.25) is 5.91 Å². The highest BCUT2D eigenvalue weighted by Crippen LogP contribution is 2.13. The third-order valence-corrected chi connectivity index (χ3v) is 2.18. The molecule has 0 aliphatic rings. The molecule has 1 aromatic heterocycles. The molecule has 1 aromatic rings. The molecule has 0 spiro atoms. The zero-order valence-electron chi connectivity index (χ0n) is 11.1. The van der Waals surface area contributed by atoms with E-state index in [1.807, 2.05) is 13.0 Å². The molecule has 0 saturated carbocycles. The fraction of sp³-hybridized carbons (Fsp3) is 0.583. The minimum absolute atomic E-state index is 0.0538. The minimum Gasteiger partial charge on any atom is -0.370 e. The number of amides is 1. The second kappa shape index (κ2) is 6.90. The van der Waals surface area contributed by atoms with Crippen LogP contribution < -0.4 is 11.1 Å². The van der Waals surface area contributed by atoms with Crippen molar-refractivity contribution in [1.29, 1.82) is 0 Å². The number of nitrogens with one attached hydrogen (secondary N) is 1. The van der Waals surface area contributed by atoms with E-state index in [0.717, 1.165) is 17.3 Å². The Morgan fingerprint density at radius 1 is 1.50 bits per heavy atom. The van der Waals surface area contributed by atoms with Gasteiger partial charge in [-0.15, -0.1) is 0 Å². The number of ether oxygens (including phenoxy) is 1. The van der Waals surface area contributed by atoms with Crippen LogP contribution in [0.2, 0.25) is 0 Å². The largest absolute Gasteiger partial charge is 0.370 e. The summed E-state index contributed by atoms with van der Waals surface area (Å²) in [7, 11) is 0. The van der Waals surface area contributed by atoms with Gasteiger partial charge in [0.15, 0.2) is 0 Å². The Labute approximate surface area is 107 Å². The van der Waals surface area contributed by atoms with Gasteiger partial charge in [0.1, 0.15) is 18.2 Å². The van der Waals surface area contributed by atoms with Gasteiger partial charge in [-0.1, -0.05) is 13.8 Å². The molecule has 6 nitrogen and oxygen atoms in total. The van der Waals surface area contributed by atoms with E-state index in [1.165, 1.54) is 0 Å². The second-order valence-corrected chi connectivity index (χ2v) is 4.35. The predicted octanol–water partition coefficient (Wildman–Crippen LogP) is 0.822. The summed E-state index contributed by atoms with van der Waals surface area (Å²) in [6, 6.07) is 1.87. The molecule has 0 fully saturated rings. The Hall–Kier alpha value is -1.69. The second-order valence-electron chi connectivity index (χ2n) is 4.35. The number of carbonyl (C=O) groups excluding carboxylic acids is 1. The molecule has 100 valence electrons. The highest BCUT2D eigenvalue weighted by atomic mass is 16.5. The van der Waals surface area contributed by atoms with Crippen LogP contribution in [0.1, 0.15) is 31.3 Å². The molecule has 0 bridgehead atoms. The van der Waals surface area contributed by atoms with Crippen LogP contribution in [0.3, 0.4) is 0 Å². The number of nitrogens with zero attached hydrogens (tertiary/aromatic N) is 2. The maximum Gasteiger partial charge on any atom is 0.243 e. The molecule has 0 unspecified atom stereocenters. The van der Waals surface area contributed by atoms with Crippen LogP contribution in [0.15, 0.2) is 6.07 Å². The van der Waals surface area contributed by atoms with Gasteiger partial charge in [0.25, 0.3) is 0 Å². The molecule has 0 atom stereocenters. The smallest absolute Gasteiger partial charge is 0.243 e. The van der Waals surface area contributed by atoms with E-state index >= 15 is 0 Å². The number of aryl methyl sites for hydroxylation is 1. The van der Waals surface area contributed by atoms with E-state index in [4.69, 9.17) is 10.5 Å². The van der Waals surface area contributed by atoms with Crippen LogP contribution in [-0.2, 0) is 9.53 Å². The Balaban J connectivity index is 2.44. The van der Waals surface area contributed by atoms with Crippen molar-refractivity contribution in [2.24, 2.45) is 5.73 Å². The summed E-state index contributed by atoms with van der Waals surface area (Å²) in [5, 5.41) is 3.13. The molecule has 1 rings (SSSR count). The normalized spacial score (nSPS) is 10.7. The predicted molar refractivity (Wildman–Crippen MR) is 69.4 cm³/mol. The SMILES string of the molecule is Cc1cc(NCCOCC(N)=O)nc(C(C)C)n1. The lowest BCUT2D eigenvalue weighted by molar-refractivity contribution is -0.122. The first-order valence-corrected chi connectivity index (χ1v) is 5.94. The zero-order chi connectivity index (χ0) is 13.5. The van der Waals surface area contributed by atoms with E-state index in [1.54, 1.807) is 0 Å². The highest BCUT2D eigenvalue weighted by Gasteiger charge is 2.05. The summed E-state index contributed by atoms with van der Waals surface area (Å²) in [6.07, 6.45) is 0. The Kier molecular flexibility index (Phi) is 5.51. The van der Waals surface area contributed by atoms with Crippen LogP contribution in [0.4, 0.5) is 5.82 Å². The molecular formula is C12H20N4O2. The molecule has 0 radical (unpaired) electrons. The Morgan fingerprint density at radius 3 is 2.83 bits per heavy atom. The van der Waals surface area contributed by atoms with Gasteiger partial charge >= 0.3 is 0 Å². The molecule has 0 aromatic carbocycles. The van der Waals surface area contributed by atoms with Gasteiger partial charge in [-0.3, -0.25) is 4.79 Å². The topological polar surface area (TPSA) is 90.1 Å². The van der Waals surface area contributed by atoms with Crippen molar-refractivity contribution in [2.75, 3.05) is 25.1 Å². The molecule has 0 aliphatic carbocycles. The van der Waals surface area contributed by atoms with E-state index in [-0.39, 0.29) is 12.5 Å². The maximum absolute atomic E-state index is 10.5. The van der Waals surface area contributed by atoms with Gasteiger partial charge in [-0.05, 0) is 6.92 Å². The van der Waals surface area contributed by atoms with Crippen LogP contribution in [0.25, 0.3) is 0 Å². The number of nitrogens with two attached hydrogens (primary N) is 1. The third kappa shape index (κ3) is 5.09. The standard InChI is InChI=1S/C12H20N4O2/c1-8(2)12-15-9(3)6-11(16-12)14-4-5-18-7-10(13)17/h6,8H,4-5,7H2,1-3H3,(H2,13,17)(H,14,15,16). The van der Waals surface area contributed by atoms with E-state index < -0.39 is 5.91 Å². The van der Waals surface area contributed by atoms with Crippen LogP contribution in [0.5, 0.6) is 0 Å². The number of hydrogen-bond donors (Lipinski definition) is 2. The van der Waals surface area contributed by atoms with Gasteiger partial charge in [-0.2, -0.15) is 0 Å². The van der Waals surface area contributed by atoms with Crippen molar-refractivity contribution in [3.63, 3.8) is 0 Å². The number of carbonyl (C=O) groups is 1. The molecular weight excluding hydrogens is 232 g/mol. The molecule has 3 N–H and O–H groups in total. The molecule has 18 heavy (non-hydrogen) atoms. The van der Waals surface area contributed by atoms with Crippen LogP contribution in [0, 0.1) is 6.92 Å². The molecule has 0 saturated heterocycles. The third-order valence-electron chi connectivity index (χ3n) is 2.18. The zero-order valence-corrected chi connectivity index (χ0v) is 11.1. The van der Waals surface area contributed by atoms with E-state index in [9.17, 15) is 4.79 Å². The van der Waals surface area contributed by atoms with Crippen molar-refractivity contribution < 1.29 is 9.53 Å². The van der Waals surface area contributed by atoms with Gasteiger partial charge in [0.05, 0.1) is 6.61 Å². The van der Waals surface area contributed by atoms with Crippen LogP contribution >= 0.6 is 0 Å². The minimum atomic E-state index is -0.463. The monoisotopic (exact) mass is 252 g/mol. The summed E-state index contributed by atoms with van der Waals surface area (Å²) < 4.78 is 5.04. The Bertz CT molecular complexity index is 407. The molecule has 0 aliphatic heterocycles. The lowest BCUT2D eigenvalue weighted by atomic mass is 10.2. The summed E-state index contributed by atoms with van der Waals surface area (Å²) in [5.74, 6) is 1.41. The molecule has 6 heteroatoms. The summed E-state index contributed by atoms with van der Waals surface area (Å²) in [5.41, 5.74) is 5.88. The van der Waals surface area contributed by atoms with Crippen molar-refractivity contribution in [3.05, 3.63) is 17.6 Å². The fourth-order valence-electron chi connectivity index (χ4n) is 1.36. The number of primary amides is 1. The average Bonchev–Trinajstić information content (AvgIpc) is 2.27. The first kappa shape index (κ1) is 14.4. The molecule has 1 heterocycles. The van der Waals surface area contributed by atoms with Gasteiger partial charge in [0, 0.05) is 24.2 Å². The van der Waals surface area contributed by atoms with E-state index in [0.29, 0.717) is 13.2 Å². The average molecular weight is 252 g/mol. The first-order valence-electron chi connectivity index (χ1n) is 5.94. The number of rotatable bonds is 7. The van der Waals surface area contributed by atoms with E-state index in [2.05, 4.69) is 29.1 Å². The number of aromatic nitrogens is 2. The first-order chi connectivity index (χ1) is 8.49. The number of hydrogen-bond acceptors (Lipinski definition) is 5. The summed E-state index contributed by atoms with van der Waals surface area (Å²) in [4.78, 5) is 19.2. The number of anilines is 1. The van der Waals surface area contributed by atoms with Crippen molar-refractivity contribution in [3.8, 4) is 0 Å². The van der Waals surface area contributed by atoms with Gasteiger partial charge < -0.3 is 15.8 Å². The lowest BCUT2D eigenvalue weighted by Gasteiger charge is -2.10.